The van der Waals surface area contributed by atoms with Gasteiger partial charge in [0, 0.05) is 19.2 Å². The number of aryl methyl sites for hydroxylation is 1. The van der Waals surface area contributed by atoms with E-state index in [1.807, 2.05) is 0 Å². The van der Waals surface area contributed by atoms with Crippen LogP contribution in [0.2, 0.25) is 0 Å². The molecule has 1 amide bonds. The molecule has 0 unspecified atom stereocenters. The first-order valence-electron chi connectivity index (χ1n) is 13.1. The molecular formula is C27H32F6N4O4S. The van der Waals surface area contributed by atoms with E-state index >= 15 is 4.39 Å². The number of hydrogen-bond donors (Lipinski definition) is 1. The predicted molar refractivity (Wildman–Crippen MR) is 141 cm³/mol. The Bertz CT molecular complexity index is 1460. The Balaban J connectivity index is 1.91. The lowest BCUT2D eigenvalue weighted by atomic mass is 9.75. The number of hydrogen-bond acceptors (Lipinski definition) is 6. The number of nitrogens with one attached hydrogen (secondary N) is 1. The van der Waals surface area contributed by atoms with Crippen molar-refractivity contribution in [2.45, 2.75) is 77.3 Å². The van der Waals surface area contributed by atoms with Crippen molar-refractivity contribution in [3.05, 3.63) is 41.2 Å². The molecule has 1 aromatic heterocycles. The van der Waals surface area contributed by atoms with E-state index in [1.54, 1.807) is 6.92 Å². The van der Waals surface area contributed by atoms with Crippen LogP contribution in [0, 0.1) is 28.1 Å². The number of ether oxygens (including phenoxy) is 1. The molecule has 42 heavy (non-hydrogen) atoms. The van der Waals surface area contributed by atoms with Crippen LogP contribution in [0.15, 0.2) is 18.2 Å². The number of imidazole rings is 1. The van der Waals surface area contributed by atoms with Gasteiger partial charge in [-0.15, -0.1) is 0 Å². The standard InChI is InChI=1S/C27H32F6N4O4S/c1-5-20-36-21(23(38)35-15-26(14-34)10-8-17(9-11-26)42(4,39)40)22(28)37(20)18-7-6-16(12-19(18)41-24(29)30)13-25(2,3)27(31,32)33/h6-7,12,17,24H,5,8-11,13,15H2,1-4H3,(H,35,38). The number of aromatic nitrogens is 2. The summed E-state index contributed by atoms with van der Waals surface area (Å²) in [5.41, 5.74) is -4.23. The monoisotopic (exact) mass is 622 g/mol. The van der Waals surface area contributed by atoms with Gasteiger partial charge in [-0.05, 0) is 49.8 Å². The molecule has 232 valence electrons. The summed E-state index contributed by atoms with van der Waals surface area (Å²) in [6.45, 7) is -0.0982. The molecule has 1 saturated carbocycles. The first-order chi connectivity index (χ1) is 19.3. The second kappa shape index (κ2) is 12.1. The first kappa shape index (κ1) is 33.2. The average Bonchev–Trinajstić information content (AvgIpc) is 3.22. The molecule has 2 aromatic rings. The predicted octanol–water partition coefficient (Wildman–Crippen LogP) is 5.53. The first-order valence-corrected chi connectivity index (χ1v) is 15.1. The van der Waals surface area contributed by atoms with Crippen LogP contribution in [0.1, 0.15) is 68.3 Å². The minimum atomic E-state index is -4.58. The number of benzene rings is 1. The van der Waals surface area contributed by atoms with E-state index in [4.69, 9.17) is 0 Å². The highest BCUT2D eigenvalue weighted by molar-refractivity contribution is 7.91. The Morgan fingerprint density at radius 1 is 1.26 bits per heavy atom. The van der Waals surface area contributed by atoms with Gasteiger partial charge in [-0.3, -0.25) is 9.36 Å². The average molecular weight is 623 g/mol. The molecule has 0 radical (unpaired) electrons. The maximum Gasteiger partial charge on any atom is 0.394 e. The van der Waals surface area contributed by atoms with Crippen LogP contribution < -0.4 is 10.1 Å². The Morgan fingerprint density at radius 3 is 2.38 bits per heavy atom. The van der Waals surface area contributed by atoms with Crippen molar-refractivity contribution < 1.29 is 44.3 Å². The molecule has 15 heteroatoms. The summed E-state index contributed by atoms with van der Waals surface area (Å²) >= 11 is 0. The van der Waals surface area contributed by atoms with Gasteiger partial charge < -0.3 is 10.1 Å². The van der Waals surface area contributed by atoms with Crippen molar-refractivity contribution in [1.29, 1.82) is 5.26 Å². The molecule has 8 nitrogen and oxygen atoms in total. The van der Waals surface area contributed by atoms with Crippen molar-refractivity contribution in [1.82, 2.24) is 14.9 Å². The van der Waals surface area contributed by atoms with Crippen molar-refractivity contribution in [3.8, 4) is 17.5 Å². The molecule has 0 bridgehead atoms. The number of alkyl halides is 5. The zero-order valence-electron chi connectivity index (χ0n) is 23.5. The van der Waals surface area contributed by atoms with Gasteiger partial charge in [0.1, 0.15) is 15.7 Å². The number of sulfone groups is 1. The van der Waals surface area contributed by atoms with Gasteiger partial charge in [0.05, 0.1) is 27.8 Å². The normalized spacial score (nSPS) is 19.9. The highest BCUT2D eigenvalue weighted by atomic mass is 32.2. The van der Waals surface area contributed by atoms with Gasteiger partial charge in [-0.25, -0.2) is 13.4 Å². The number of nitrogens with zero attached hydrogens (tertiary/aromatic N) is 3. The summed E-state index contributed by atoms with van der Waals surface area (Å²) in [4.78, 5) is 17.0. The van der Waals surface area contributed by atoms with E-state index < -0.39 is 68.4 Å². The van der Waals surface area contributed by atoms with Gasteiger partial charge in [0.25, 0.3) is 5.91 Å². The molecule has 1 fully saturated rings. The van der Waals surface area contributed by atoms with Crippen LogP contribution in [0.25, 0.3) is 5.69 Å². The summed E-state index contributed by atoms with van der Waals surface area (Å²) in [5, 5.41) is 11.7. The number of carbonyl (C=O) groups is 1. The third-order valence-electron chi connectivity index (χ3n) is 7.64. The maximum absolute atomic E-state index is 15.7. The van der Waals surface area contributed by atoms with Crippen molar-refractivity contribution in [3.63, 3.8) is 0 Å². The van der Waals surface area contributed by atoms with Crippen molar-refractivity contribution in [2.75, 3.05) is 12.8 Å². The fourth-order valence-corrected chi connectivity index (χ4v) is 6.05. The fraction of sp³-hybridized carbons (Fsp3) is 0.593. The van der Waals surface area contributed by atoms with E-state index in [0.717, 1.165) is 36.8 Å². The topological polar surface area (TPSA) is 114 Å². The van der Waals surface area contributed by atoms with E-state index in [2.05, 4.69) is 21.1 Å². The zero-order chi connectivity index (χ0) is 31.7. The van der Waals surface area contributed by atoms with Gasteiger partial charge in [0.2, 0.25) is 5.95 Å². The molecule has 1 aromatic carbocycles. The second-order valence-corrected chi connectivity index (χ2v) is 13.5. The second-order valence-electron chi connectivity index (χ2n) is 11.2. The Kier molecular flexibility index (Phi) is 9.61. The number of halogens is 6. The quantitative estimate of drug-likeness (QED) is 0.349. The van der Waals surface area contributed by atoms with E-state index in [0.29, 0.717) is 0 Å². The Morgan fingerprint density at radius 2 is 1.88 bits per heavy atom. The molecule has 0 atom stereocenters. The molecule has 1 aliphatic rings. The van der Waals surface area contributed by atoms with Gasteiger partial charge in [0.15, 0.2) is 11.4 Å². The Labute approximate surface area is 240 Å². The van der Waals surface area contributed by atoms with E-state index in [1.165, 1.54) is 6.07 Å². The van der Waals surface area contributed by atoms with Crippen molar-refractivity contribution in [2.24, 2.45) is 10.8 Å². The summed E-state index contributed by atoms with van der Waals surface area (Å²) in [6, 6.07) is 5.45. The lowest BCUT2D eigenvalue weighted by Gasteiger charge is -2.34. The SMILES string of the molecule is CCc1nc(C(=O)NCC2(C#N)CCC(S(C)(=O)=O)CC2)c(F)n1-c1ccc(CC(C)(C)C(F)(F)F)cc1OC(F)F. The zero-order valence-corrected chi connectivity index (χ0v) is 24.3. The van der Waals surface area contributed by atoms with Crippen LogP contribution in [0.3, 0.4) is 0 Å². The molecule has 1 N–H and O–H groups in total. The maximum atomic E-state index is 15.7. The van der Waals surface area contributed by atoms with Crippen LogP contribution in [-0.4, -0.2) is 54.7 Å². The molecule has 0 aliphatic heterocycles. The van der Waals surface area contributed by atoms with Gasteiger partial charge >= 0.3 is 12.8 Å². The lowest BCUT2D eigenvalue weighted by Crippen LogP contribution is -2.41. The highest BCUT2D eigenvalue weighted by Crippen LogP contribution is 2.41. The molecule has 1 heterocycles. The van der Waals surface area contributed by atoms with Crippen LogP contribution in [-0.2, 0) is 22.7 Å². The summed E-state index contributed by atoms with van der Waals surface area (Å²) < 4.78 is 112. The van der Waals surface area contributed by atoms with Gasteiger partial charge in [-0.2, -0.15) is 31.6 Å². The molecule has 1 aliphatic carbocycles. The van der Waals surface area contributed by atoms with E-state index in [-0.39, 0.29) is 55.7 Å². The molecule has 0 spiro atoms. The minimum absolute atomic E-state index is 0.0145. The largest absolute Gasteiger partial charge is 0.433 e. The summed E-state index contributed by atoms with van der Waals surface area (Å²) in [7, 11) is -3.29. The van der Waals surface area contributed by atoms with Crippen LogP contribution in [0.4, 0.5) is 26.3 Å². The number of amides is 1. The van der Waals surface area contributed by atoms with Crippen LogP contribution in [0.5, 0.6) is 5.75 Å². The third kappa shape index (κ3) is 7.19. The molecular weight excluding hydrogens is 590 g/mol. The highest BCUT2D eigenvalue weighted by Gasteiger charge is 2.47. The van der Waals surface area contributed by atoms with Gasteiger partial charge in [-0.1, -0.05) is 26.8 Å². The van der Waals surface area contributed by atoms with Crippen molar-refractivity contribution >= 4 is 15.7 Å². The molecule has 0 saturated heterocycles. The fourth-order valence-electron chi connectivity index (χ4n) is 4.96. The number of carbonyl (C=O) groups excluding carboxylic acids is 1. The van der Waals surface area contributed by atoms with E-state index in [9.17, 15) is 40.4 Å². The molecule has 3 rings (SSSR count). The number of nitriles is 1. The lowest BCUT2D eigenvalue weighted by molar-refractivity contribution is -0.211. The minimum Gasteiger partial charge on any atom is -0.433 e. The van der Waals surface area contributed by atoms with Crippen LogP contribution >= 0.6 is 0 Å². The Hall–Kier alpha value is -3.28. The smallest absolute Gasteiger partial charge is 0.394 e. The number of rotatable bonds is 10. The summed E-state index contributed by atoms with van der Waals surface area (Å²) in [5.74, 6) is -2.87. The third-order valence-corrected chi connectivity index (χ3v) is 9.32. The summed E-state index contributed by atoms with van der Waals surface area (Å²) in [6.07, 6.45) is -3.13.